The van der Waals surface area contributed by atoms with Gasteiger partial charge in [-0.2, -0.15) is 13.2 Å². The number of nitrogens with zero attached hydrogens (tertiary/aromatic N) is 2. The summed E-state index contributed by atoms with van der Waals surface area (Å²) in [6.45, 7) is 5.41. The van der Waals surface area contributed by atoms with Gasteiger partial charge in [0, 0.05) is 48.3 Å². The van der Waals surface area contributed by atoms with Crippen LogP contribution in [-0.4, -0.2) is 40.2 Å². The summed E-state index contributed by atoms with van der Waals surface area (Å²) in [6.07, 6.45) is -2.19. The Bertz CT molecular complexity index is 831. The van der Waals surface area contributed by atoms with E-state index in [4.69, 9.17) is 4.74 Å². The summed E-state index contributed by atoms with van der Waals surface area (Å²) in [5, 5.41) is 0.513. The molecule has 0 bridgehead atoms. The summed E-state index contributed by atoms with van der Waals surface area (Å²) >= 11 is 1.79. The molecule has 1 fully saturated rings. The summed E-state index contributed by atoms with van der Waals surface area (Å²) in [7, 11) is 0. The molecule has 0 N–H and O–H groups in total. The maximum Gasteiger partial charge on any atom is 0.417 e. The Hall–Kier alpha value is -2.22. The van der Waals surface area contributed by atoms with Crippen molar-refractivity contribution in [1.82, 2.24) is 9.88 Å². The van der Waals surface area contributed by atoms with Gasteiger partial charge in [0.15, 0.2) is 0 Å². The van der Waals surface area contributed by atoms with Gasteiger partial charge in [0.05, 0.1) is 12.0 Å². The van der Waals surface area contributed by atoms with E-state index in [1.165, 1.54) is 11.0 Å². The average Bonchev–Trinajstić information content (AvgIpc) is 2.69. The lowest BCUT2D eigenvalue weighted by Gasteiger charge is -2.32. The Labute approximate surface area is 178 Å². The lowest BCUT2D eigenvalue weighted by Crippen LogP contribution is -2.42. The van der Waals surface area contributed by atoms with Gasteiger partial charge in [-0.3, -0.25) is 4.79 Å². The van der Waals surface area contributed by atoms with Gasteiger partial charge < -0.3 is 9.64 Å². The van der Waals surface area contributed by atoms with Crippen molar-refractivity contribution >= 4 is 17.7 Å². The Morgan fingerprint density at radius 2 is 1.83 bits per heavy atom. The molecule has 0 saturated carbocycles. The number of halogens is 3. The summed E-state index contributed by atoms with van der Waals surface area (Å²) in [5.74, 6) is 0.248. The third-order valence-electron chi connectivity index (χ3n) is 4.80. The van der Waals surface area contributed by atoms with Crippen molar-refractivity contribution in [2.75, 3.05) is 13.1 Å². The van der Waals surface area contributed by atoms with Gasteiger partial charge in [-0.1, -0.05) is 26.0 Å². The molecule has 1 aliphatic heterocycles. The first kappa shape index (κ1) is 22.5. The SMILES string of the molecule is CC(C)Sc1ccc(CC(=O)N2CCC(Oc3ccc(C(F)(F)F)cn3)CC2)cc1. The molecule has 2 heterocycles. The number of hydrogen-bond acceptors (Lipinski definition) is 4. The van der Waals surface area contributed by atoms with Gasteiger partial charge in [-0.05, 0) is 23.8 Å². The highest BCUT2D eigenvalue weighted by Gasteiger charge is 2.31. The summed E-state index contributed by atoms with van der Waals surface area (Å²) < 4.78 is 43.5. The normalized spacial score (nSPS) is 15.5. The number of ether oxygens (including phenoxy) is 1. The number of hydrogen-bond donors (Lipinski definition) is 0. The molecular weight excluding hydrogens is 413 g/mol. The zero-order chi connectivity index (χ0) is 21.7. The third-order valence-corrected chi connectivity index (χ3v) is 5.81. The monoisotopic (exact) mass is 438 g/mol. The van der Waals surface area contributed by atoms with Crippen molar-refractivity contribution in [3.05, 3.63) is 53.7 Å². The summed E-state index contributed by atoms with van der Waals surface area (Å²) in [4.78, 5) is 19.3. The predicted octanol–water partition coefficient (Wildman–Crippen LogP) is 5.21. The highest BCUT2D eigenvalue weighted by molar-refractivity contribution is 7.99. The number of likely N-dealkylation sites (tertiary alicyclic amines) is 1. The standard InChI is InChI=1S/C22H25F3N2O2S/c1-15(2)30-19-6-3-16(4-7-19)13-21(28)27-11-9-18(10-12-27)29-20-8-5-17(14-26-20)22(23,24)25/h3-8,14-15,18H,9-13H2,1-2H3. The lowest BCUT2D eigenvalue weighted by atomic mass is 10.1. The maximum atomic E-state index is 12.6. The van der Waals surface area contributed by atoms with Crippen LogP contribution in [0, 0.1) is 0 Å². The fourth-order valence-electron chi connectivity index (χ4n) is 3.26. The van der Waals surface area contributed by atoms with E-state index < -0.39 is 11.7 Å². The third kappa shape index (κ3) is 6.39. The molecule has 30 heavy (non-hydrogen) atoms. The van der Waals surface area contributed by atoms with Gasteiger partial charge in [0.2, 0.25) is 11.8 Å². The Morgan fingerprint density at radius 1 is 1.17 bits per heavy atom. The number of carbonyl (C=O) groups is 1. The summed E-state index contributed by atoms with van der Waals surface area (Å²) in [5.41, 5.74) is 0.187. The van der Waals surface area contributed by atoms with E-state index in [-0.39, 0.29) is 17.9 Å². The van der Waals surface area contributed by atoms with Crippen LogP contribution < -0.4 is 4.74 Å². The van der Waals surface area contributed by atoms with E-state index in [0.717, 1.165) is 17.8 Å². The molecule has 1 amide bonds. The van der Waals surface area contributed by atoms with Gasteiger partial charge >= 0.3 is 6.18 Å². The van der Waals surface area contributed by atoms with Gasteiger partial charge in [-0.25, -0.2) is 4.98 Å². The van der Waals surface area contributed by atoms with Crippen LogP contribution in [0.5, 0.6) is 5.88 Å². The second-order valence-electron chi connectivity index (χ2n) is 7.57. The molecule has 0 aliphatic carbocycles. The second kappa shape index (κ2) is 9.73. The number of benzene rings is 1. The van der Waals surface area contributed by atoms with E-state index in [0.29, 0.717) is 37.6 Å². The van der Waals surface area contributed by atoms with Crippen molar-refractivity contribution in [2.24, 2.45) is 0 Å². The molecule has 162 valence electrons. The molecule has 2 aromatic rings. The van der Waals surface area contributed by atoms with Gasteiger partial charge in [0.25, 0.3) is 0 Å². The zero-order valence-corrected chi connectivity index (χ0v) is 17.8. The zero-order valence-electron chi connectivity index (χ0n) is 17.0. The minimum absolute atomic E-state index is 0.0744. The number of aromatic nitrogens is 1. The molecule has 1 saturated heterocycles. The van der Waals surface area contributed by atoms with E-state index in [1.54, 1.807) is 11.8 Å². The quantitative estimate of drug-likeness (QED) is 0.581. The minimum Gasteiger partial charge on any atom is -0.474 e. The van der Waals surface area contributed by atoms with E-state index in [9.17, 15) is 18.0 Å². The van der Waals surface area contributed by atoms with Crippen molar-refractivity contribution in [2.45, 2.75) is 55.5 Å². The highest BCUT2D eigenvalue weighted by Crippen LogP contribution is 2.29. The van der Waals surface area contributed by atoms with Crippen molar-refractivity contribution < 1.29 is 22.7 Å². The van der Waals surface area contributed by atoms with Crippen molar-refractivity contribution in [3.8, 4) is 5.88 Å². The number of pyridine rings is 1. The molecular formula is C22H25F3N2O2S. The number of amides is 1. The lowest BCUT2D eigenvalue weighted by molar-refractivity contribution is -0.137. The minimum atomic E-state index is -4.41. The molecule has 0 unspecified atom stereocenters. The fourth-order valence-corrected chi connectivity index (χ4v) is 4.09. The highest BCUT2D eigenvalue weighted by atomic mass is 32.2. The van der Waals surface area contributed by atoms with E-state index in [1.807, 2.05) is 29.2 Å². The van der Waals surface area contributed by atoms with E-state index in [2.05, 4.69) is 18.8 Å². The van der Waals surface area contributed by atoms with Crippen LogP contribution in [0.25, 0.3) is 0 Å². The Kier molecular flexibility index (Phi) is 7.28. The van der Waals surface area contributed by atoms with Crippen molar-refractivity contribution in [1.29, 1.82) is 0 Å². The Balaban J connectivity index is 1.46. The first-order chi connectivity index (χ1) is 14.2. The smallest absolute Gasteiger partial charge is 0.417 e. The van der Waals surface area contributed by atoms with Crippen LogP contribution in [0.2, 0.25) is 0 Å². The second-order valence-corrected chi connectivity index (χ2v) is 9.22. The molecule has 3 rings (SSSR count). The molecule has 8 heteroatoms. The molecule has 0 radical (unpaired) electrons. The molecule has 1 aromatic carbocycles. The number of thioether (sulfide) groups is 1. The Morgan fingerprint density at radius 3 is 2.37 bits per heavy atom. The number of rotatable bonds is 6. The fraction of sp³-hybridized carbons (Fsp3) is 0.455. The molecule has 1 aliphatic rings. The largest absolute Gasteiger partial charge is 0.474 e. The van der Waals surface area contributed by atoms with Crippen LogP contribution >= 0.6 is 11.8 Å². The average molecular weight is 439 g/mol. The van der Waals surface area contributed by atoms with Crippen LogP contribution in [0.1, 0.15) is 37.8 Å². The molecule has 0 spiro atoms. The van der Waals surface area contributed by atoms with Gasteiger partial charge in [-0.15, -0.1) is 11.8 Å². The predicted molar refractivity (Wildman–Crippen MR) is 111 cm³/mol. The van der Waals surface area contributed by atoms with Crippen LogP contribution in [-0.2, 0) is 17.4 Å². The van der Waals surface area contributed by atoms with Crippen LogP contribution in [0.15, 0.2) is 47.5 Å². The van der Waals surface area contributed by atoms with Crippen LogP contribution in [0.4, 0.5) is 13.2 Å². The first-order valence-electron chi connectivity index (χ1n) is 9.94. The molecule has 1 aromatic heterocycles. The van der Waals surface area contributed by atoms with E-state index >= 15 is 0 Å². The summed E-state index contributed by atoms with van der Waals surface area (Å²) in [6, 6.07) is 10.3. The number of piperidine rings is 1. The number of carbonyl (C=O) groups excluding carboxylic acids is 1. The topological polar surface area (TPSA) is 42.4 Å². The first-order valence-corrected chi connectivity index (χ1v) is 10.8. The van der Waals surface area contributed by atoms with Crippen LogP contribution in [0.3, 0.4) is 0 Å². The van der Waals surface area contributed by atoms with Gasteiger partial charge in [0.1, 0.15) is 6.10 Å². The molecule has 0 atom stereocenters. The molecule has 4 nitrogen and oxygen atoms in total. The number of alkyl halides is 3. The van der Waals surface area contributed by atoms with Crippen molar-refractivity contribution in [3.63, 3.8) is 0 Å². The maximum absolute atomic E-state index is 12.6.